The number of pyridine rings is 1. The SMILES string of the molecule is CN1CCCC1c1cncc(-c2ccc(Cl)c(F)c2)c1.O=C(O)/C=C/C(=O)O. The molecule has 2 heterocycles. The maximum absolute atomic E-state index is 13.6. The van der Waals surface area contributed by atoms with Crippen LogP contribution >= 0.6 is 11.6 Å². The van der Waals surface area contributed by atoms with Gasteiger partial charge in [0.15, 0.2) is 0 Å². The van der Waals surface area contributed by atoms with Gasteiger partial charge in [-0.1, -0.05) is 17.7 Å². The second kappa shape index (κ2) is 9.96. The standard InChI is InChI=1S/C16H16ClFN2.C4H4O4/c1-20-6-2-3-16(20)13-7-12(9-19-10-13)11-4-5-14(17)15(18)8-11;5-3(6)1-2-4(7)8/h4-5,7-10,16H,2-3,6H2,1H3;1-2H,(H,5,6)(H,7,8)/b;2-1+. The lowest BCUT2D eigenvalue weighted by Crippen LogP contribution is -2.17. The van der Waals surface area contributed by atoms with Gasteiger partial charge in [0, 0.05) is 36.2 Å². The minimum Gasteiger partial charge on any atom is -0.478 e. The number of aromatic nitrogens is 1. The average Bonchev–Trinajstić information content (AvgIpc) is 3.09. The Morgan fingerprint density at radius 2 is 1.86 bits per heavy atom. The van der Waals surface area contributed by atoms with Crippen molar-refractivity contribution in [2.75, 3.05) is 13.6 Å². The highest BCUT2D eigenvalue weighted by molar-refractivity contribution is 6.30. The Hall–Kier alpha value is -2.77. The number of hydrogen-bond acceptors (Lipinski definition) is 4. The van der Waals surface area contributed by atoms with E-state index in [1.54, 1.807) is 12.3 Å². The number of benzene rings is 1. The van der Waals surface area contributed by atoms with Crippen LogP contribution in [0.2, 0.25) is 5.02 Å². The third-order valence-electron chi connectivity index (χ3n) is 4.29. The Bertz CT molecular complexity index is 872. The number of hydrogen-bond donors (Lipinski definition) is 2. The lowest BCUT2D eigenvalue weighted by Gasteiger charge is -2.20. The molecule has 1 aromatic heterocycles. The number of carboxylic acids is 2. The van der Waals surface area contributed by atoms with Crippen molar-refractivity contribution in [2.24, 2.45) is 0 Å². The van der Waals surface area contributed by atoms with Crippen molar-refractivity contribution >= 4 is 23.5 Å². The van der Waals surface area contributed by atoms with Crippen molar-refractivity contribution < 1.29 is 24.2 Å². The molecule has 1 aliphatic heterocycles. The van der Waals surface area contributed by atoms with Crippen LogP contribution in [0.3, 0.4) is 0 Å². The van der Waals surface area contributed by atoms with E-state index in [1.165, 1.54) is 18.1 Å². The van der Waals surface area contributed by atoms with E-state index in [9.17, 15) is 14.0 Å². The molecule has 1 saturated heterocycles. The van der Waals surface area contributed by atoms with Crippen LogP contribution < -0.4 is 0 Å². The van der Waals surface area contributed by atoms with Gasteiger partial charge in [-0.2, -0.15) is 0 Å². The van der Waals surface area contributed by atoms with E-state index in [0.29, 0.717) is 18.2 Å². The molecule has 0 spiro atoms. The van der Waals surface area contributed by atoms with Crippen LogP contribution in [0.15, 0.2) is 48.8 Å². The summed E-state index contributed by atoms with van der Waals surface area (Å²) in [6.07, 6.45) is 7.14. The molecule has 1 unspecified atom stereocenters. The third kappa shape index (κ3) is 6.14. The predicted molar refractivity (Wildman–Crippen MR) is 104 cm³/mol. The van der Waals surface area contributed by atoms with Crippen molar-refractivity contribution in [1.29, 1.82) is 0 Å². The van der Waals surface area contributed by atoms with Crippen molar-refractivity contribution in [2.45, 2.75) is 18.9 Å². The van der Waals surface area contributed by atoms with Crippen LogP contribution in [-0.4, -0.2) is 45.6 Å². The van der Waals surface area contributed by atoms with Crippen molar-refractivity contribution in [3.8, 4) is 11.1 Å². The minimum atomic E-state index is -1.26. The zero-order valence-electron chi connectivity index (χ0n) is 15.2. The quantitative estimate of drug-likeness (QED) is 0.745. The normalized spacial score (nSPS) is 16.6. The molecule has 6 nitrogen and oxygen atoms in total. The molecule has 0 amide bonds. The summed E-state index contributed by atoms with van der Waals surface area (Å²) in [5, 5.41) is 15.8. The molecule has 2 N–H and O–H groups in total. The van der Waals surface area contributed by atoms with Gasteiger partial charge in [0.25, 0.3) is 0 Å². The molecule has 1 aliphatic rings. The fourth-order valence-corrected chi connectivity index (χ4v) is 3.07. The monoisotopic (exact) mass is 406 g/mol. The van der Waals surface area contributed by atoms with Crippen molar-refractivity contribution in [1.82, 2.24) is 9.88 Å². The Morgan fingerprint density at radius 3 is 2.39 bits per heavy atom. The second-order valence-electron chi connectivity index (χ2n) is 6.28. The lowest BCUT2D eigenvalue weighted by atomic mass is 10.0. The van der Waals surface area contributed by atoms with Gasteiger partial charge in [-0.15, -0.1) is 0 Å². The first-order valence-corrected chi connectivity index (χ1v) is 8.90. The van der Waals surface area contributed by atoms with Gasteiger partial charge in [0.05, 0.1) is 5.02 Å². The van der Waals surface area contributed by atoms with Crippen LogP contribution in [0.5, 0.6) is 0 Å². The van der Waals surface area contributed by atoms with E-state index in [4.69, 9.17) is 21.8 Å². The molecule has 0 radical (unpaired) electrons. The van der Waals surface area contributed by atoms with E-state index in [1.807, 2.05) is 12.3 Å². The number of carboxylic acid groups (broad SMARTS) is 2. The summed E-state index contributed by atoms with van der Waals surface area (Å²) < 4.78 is 13.6. The number of likely N-dealkylation sites (tertiary alicyclic amines) is 1. The molecule has 0 saturated carbocycles. The summed E-state index contributed by atoms with van der Waals surface area (Å²) in [6.45, 7) is 1.12. The summed E-state index contributed by atoms with van der Waals surface area (Å²) in [5.41, 5.74) is 2.93. The maximum atomic E-state index is 13.6. The summed E-state index contributed by atoms with van der Waals surface area (Å²) in [4.78, 5) is 25.8. The van der Waals surface area contributed by atoms with Gasteiger partial charge < -0.3 is 10.2 Å². The van der Waals surface area contributed by atoms with E-state index in [2.05, 4.69) is 23.0 Å². The van der Waals surface area contributed by atoms with Gasteiger partial charge in [0.2, 0.25) is 0 Å². The third-order valence-corrected chi connectivity index (χ3v) is 4.59. The van der Waals surface area contributed by atoms with Crippen LogP contribution in [0.1, 0.15) is 24.4 Å². The van der Waals surface area contributed by atoms with Gasteiger partial charge in [-0.25, -0.2) is 14.0 Å². The summed E-state index contributed by atoms with van der Waals surface area (Å²) >= 11 is 5.72. The van der Waals surface area contributed by atoms with Gasteiger partial charge in [-0.05, 0) is 55.8 Å². The number of rotatable bonds is 4. The van der Waals surface area contributed by atoms with Crippen LogP contribution in [-0.2, 0) is 9.59 Å². The Kier molecular flexibility index (Phi) is 7.66. The summed E-state index contributed by atoms with van der Waals surface area (Å²) in [6, 6.07) is 7.38. The molecule has 8 heteroatoms. The lowest BCUT2D eigenvalue weighted by molar-refractivity contribution is -0.134. The summed E-state index contributed by atoms with van der Waals surface area (Å²) in [5.74, 6) is -2.91. The summed E-state index contributed by atoms with van der Waals surface area (Å²) in [7, 11) is 2.13. The largest absolute Gasteiger partial charge is 0.478 e. The molecule has 0 bridgehead atoms. The van der Waals surface area contributed by atoms with Gasteiger partial charge in [0.1, 0.15) is 5.82 Å². The van der Waals surface area contributed by atoms with Crippen molar-refractivity contribution in [3.63, 3.8) is 0 Å². The number of halogens is 2. The average molecular weight is 407 g/mol. The zero-order valence-corrected chi connectivity index (χ0v) is 15.9. The molecular formula is C20H20ClFN2O4. The number of carbonyl (C=O) groups is 2. The molecule has 1 fully saturated rings. The van der Waals surface area contributed by atoms with Crippen LogP contribution in [0.25, 0.3) is 11.1 Å². The fourth-order valence-electron chi connectivity index (χ4n) is 2.95. The zero-order chi connectivity index (χ0) is 20.7. The number of nitrogens with zero attached hydrogens (tertiary/aromatic N) is 2. The Morgan fingerprint density at radius 1 is 1.18 bits per heavy atom. The van der Waals surface area contributed by atoms with E-state index >= 15 is 0 Å². The fraction of sp³-hybridized carbons (Fsp3) is 0.250. The van der Waals surface area contributed by atoms with Crippen LogP contribution in [0.4, 0.5) is 4.39 Å². The molecule has 1 atom stereocenters. The molecular weight excluding hydrogens is 387 g/mol. The number of aliphatic carboxylic acids is 2. The predicted octanol–water partition coefficient (Wildman–Crippen LogP) is 4.02. The Balaban J connectivity index is 0.000000300. The smallest absolute Gasteiger partial charge is 0.328 e. The molecule has 148 valence electrons. The van der Waals surface area contributed by atoms with Gasteiger partial charge >= 0.3 is 11.9 Å². The Labute approximate surface area is 166 Å². The first-order chi connectivity index (χ1) is 13.3. The molecule has 2 aromatic rings. The van der Waals surface area contributed by atoms with E-state index in [-0.39, 0.29) is 5.02 Å². The minimum absolute atomic E-state index is 0.147. The highest BCUT2D eigenvalue weighted by Crippen LogP contribution is 2.32. The first-order valence-electron chi connectivity index (χ1n) is 8.52. The van der Waals surface area contributed by atoms with Gasteiger partial charge in [-0.3, -0.25) is 9.88 Å². The molecule has 28 heavy (non-hydrogen) atoms. The molecule has 1 aromatic carbocycles. The second-order valence-corrected chi connectivity index (χ2v) is 6.69. The van der Waals surface area contributed by atoms with Crippen molar-refractivity contribution in [3.05, 3.63) is 65.2 Å². The highest BCUT2D eigenvalue weighted by atomic mass is 35.5. The van der Waals surface area contributed by atoms with E-state index in [0.717, 1.165) is 24.1 Å². The van der Waals surface area contributed by atoms with Crippen LogP contribution in [0, 0.1) is 5.82 Å². The highest BCUT2D eigenvalue weighted by Gasteiger charge is 2.23. The first kappa shape index (κ1) is 21.5. The molecule has 0 aliphatic carbocycles. The maximum Gasteiger partial charge on any atom is 0.328 e. The molecule has 3 rings (SSSR count). The topological polar surface area (TPSA) is 90.7 Å². The van der Waals surface area contributed by atoms with E-state index < -0.39 is 17.8 Å².